The van der Waals surface area contributed by atoms with Crippen molar-refractivity contribution >= 4 is 11.6 Å². The van der Waals surface area contributed by atoms with Crippen LogP contribution in [0, 0.1) is 0 Å². The summed E-state index contributed by atoms with van der Waals surface area (Å²) in [5.74, 6) is 0.687. The highest BCUT2D eigenvalue weighted by molar-refractivity contribution is 5.93. The highest BCUT2D eigenvalue weighted by Gasteiger charge is 2.37. The number of para-hydroxylation sites is 2. The van der Waals surface area contributed by atoms with Crippen molar-refractivity contribution in [3.05, 3.63) is 54.1 Å². The van der Waals surface area contributed by atoms with Crippen LogP contribution in [0.2, 0.25) is 0 Å². The Balaban J connectivity index is 1.57. The number of rotatable bonds is 7. The predicted molar refractivity (Wildman–Crippen MR) is 105 cm³/mol. The maximum atomic E-state index is 12.1. The standard InChI is InChI=1S/C21H25NO7/c1-27-18-5-3-2-4-16(18)22-19(25)12-28-14-8-6-13(7-9-14)21-20(26)17(24)10-15(11-23)29-21/h2-9,15,17,20-21,23-24,26H,10-12H2,1H3,(H,22,25). The molecular formula is C21H25NO7. The topological polar surface area (TPSA) is 117 Å². The molecule has 1 amide bonds. The largest absolute Gasteiger partial charge is 0.495 e. The molecular weight excluding hydrogens is 378 g/mol. The van der Waals surface area contributed by atoms with Gasteiger partial charge in [-0.25, -0.2) is 0 Å². The number of carbonyl (C=O) groups excluding carboxylic acids is 1. The fourth-order valence-corrected chi connectivity index (χ4v) is 3.18. The molecule has 0 aliphatic carbocycles. The second-order valence-corrected chi connectivity index (χ2v) is 6.76. The maximum Gasteiger partial charge on any atom is 0.262 e. The second-order valence-electron chi connectivity index (χ2n) is 6.76. The number of aliphatic hydroxyl groups excluding tert-OH is 3. The fraction of sp³-hybridized carbons (Fsp3) is 0.381. The van der Waals surface area contributed by atoms with Crippen LogP contribution in [0.1, 0.15) is 18.1 Å². The van der Waals surface area contributed by atoms with Crippen molar-refractivity contribution < 1.29 is 34.3 Å². The minimum absolute atomic E-state index is 0.177. The number of amides is 1. The van der Waals surface area contributed by atoms with Gasteiger partial charge in [0.1, 0.15) is 23.7 Å². The van der Waals surface area contributed by atoms with E-state index in [-0.39, 0.29) is 25.5 Å². The third-order valence-electron chi connectivity index (χ3n) is 4.71. The molecule has 4 atom stereocenters. The Morgan fingerprint density at radius 3 is 2.59 bits per heavy atom. The molecule has 0 bridgehead atoms. The summed E-state index contributed by atoms with van der Waals surface area (Å²) in [6.07, 6.45) is -3.17. The summed E-state index contributed by atoms with van der Waals surface area (Å²) in [5.41, 5.74) is 1.19. The molecule has 8 nitrogen and oxygen atoms in total. The van der Waals surface area contributed by atoms with Gasteiger partial charge in [0.15, 0.2) is 6.61 Å². The smallest absolute Gasteiger partial charge is 0.262 e. The van der Waals surface area contributed by atoms with E-state index in [0.717, 1.165) is 0 Å². The second kappa shape index (κ2) is 9.71. The number of methoxy groups -OCH3 is 1. The van der Waals surface area contributed by atoms with Crippen molar-refractivity contribution in [2.24, 2.45) is 0 Å². The van der Waals surface area contributed by atoms with Crippen molar-refractivity contribution in [3.8, 4) is 11.5 Å². The van der Waals surface area contributed by atoms with E-state index >= 15 is 0 Å². The summed E-state index contributed by atoms with van der Waals surface area (Å²) in [6, 6.07) is 13.7. The Morgan fingerprint density at radius 2 is 1.90 bits per heavy atom. The number of nitrogens with one attached hydrogen (secondary N) is 1. The number of anilines is 1. The number of hydrogen-bond acceptors (Lipinski definition) is 7. The van der Waals surface area contributed by atoms with Crippen LogP contribution in [-0.4, -0.2) is 59.9 Å². The number of carbonyl (C=O) groups is 1. The maximum absolute atomic E-state index is 12.1. The monoisotopic (exact) mass is 403 g/mol. The van der Waals surface area contributed by atoms with E-state index in [2.05, 4.69) is 5.32 Å². The molecule has 1 aliphatic rings. The van der Waals surface area contributed by atoms with Gasteiger partial charge in [-0.1, -0.05) is 24.3 Å². The molecule has 29 heavy (non-hydrogen) atoms. The minimum Gasteiger partial charge on any atom is -0.495 e. The van der Waals surface area contributed by atoms with Crippen LogP contribution >= 0.6 is 0 Å². The van der Waals surface area contributed by atoms with Crippen molar-refractivity contribution in [2.75, 3.05) is 25.6 Å². The Hall–Kier alpha value is -2.65. The molecule has 0 spiro atoms. The van der Waals surface area contributed by atoms with E-state index < -0.39 is 24.4 Å². The zero-order valence-electron chi connectivity index (χ0n) is 16.0. The third kappa shape index (κ3) is 5.24. The lowest BCUT2D eigenvalue weighted by molar-refractivity contribution is -0.179. The van der Waals surface area contributed by atoms with Gasteiger partial charge in [0, 0.05) is 6.42 Å². The average molecular weight is 403 g/mol. The lowest BCUT2D eigenvalue weighted by atomic mass is 9.93. The molecule has 4 N–H and O–H groups in total. The zero-order valence-corrected chi connectivity index (χ0v) is 16.0. The van der Waals surface area contributed by atoms with Crippen LogP contribution in [-0.2, 0) is 9.53 Å². The minimum atomic E-state index is -1.09. The van der Waals surface area contributed by atoms with Crippen molar-refractivity contribution in [1.29, 1.82) is 0 Å². The van der Waals surface area contributed by atoms with Crippen LogP contribution in [0.15, 0.2) is 48.5 Å². The molecule has 4 unspecified atom stereocenters. The number of benzene rings is 2. The molecule has 8 heteroatoms. The molecule has 0 aromatic heterocycles. The SMILES string of the molecule is COc1ccccc1NC(=O)COc1ccc(C2OC(CO)CC(O)C2O)cc1. The zero-order chi connectivity index (χ0) is 20.8. The average Bonchev–Trinajstić information content (AvgIpc) is 2.75. The Labute approximate surface area is 168 Å². The van der Waals surface area contributed by atoms with Gasteiger partial charge in [0.25, 0.3) is 5.91 Å². The normalized spacial score (nSPS) is 24.0. The van der Waals surface area contributed by atoms with Crippen LogP contribution in [0.25, 0.3) is 0 Å². The van der Waals surface area contributed by atoms with Crippen molar-refractivity contribution in [3.63, 3.8) is 0 Å². The molecule has 2 aromatic carbocycles. The Morgan fingerprint density at radius 1 is 1.17 bits per heavy atom. The van der Waals surface area contributed by atoms with Crippen LogP contribution in [0.4, 0.5) is 5.69 Å². The summed E-state index contributed by atoms with van der Waals surface area (Å²) in [7, 11) is 1.53. The van der Waals surface area contributed by atoms with E-state index in [9.17, 15) is 20.1 Å². The molecule has 1 fully saturated rings. The fourth-order valence-electron chi connectivity index (χ4n) is 3.18. The molecule has 156 valence electrons. The lowest BCUT2D eigenvalue weighted by Crippen LogP contribution is -2.44. The highest BCUT2D eigenvalue weighted by Crippen LogP contribution is 2.32. The van der Waals surface area contributed by atoms with Gasteiger partial charge in [-0.15, -0.1) is 0 Å². The quantitative estimate of drug-likeness (QED) is 0.550. The van der Waals surface area contributed by atoms with E-state index in [1.165, 1.54) is 7.11 Å². The number of ether oxygens (including phenoxy) is 3. The summed E-state index contributed by atoms with van der Waals surface area (Å²) in [4.78, 5) is 12.1. The molecule has 3 rings (SSSR count). The van der Waals surface area contributed by atoms with E-state index in [1.54, 1.807) is 48.5 Å². The number of aliphatic hydroxyl groups is 3. The Bertz CT molecular complexity index is 811. The Kier molecular flexibility index (Phi) is 7.05. The van der Waals surface area contributed by atoms with E-state index in [1.807, 2.05) is 0 Å². The van der Waals surface area contributed by atoms with Crippen molar-refractivity contribution in [2.45, 2.75) is 30.8 Å². The molecule has 0 saturated carbocycles. The summed E-state index contributed by atoms with van der Waals surface area (Å²) >= 11 is 0. The highest BCUT2D eigenvalue weighted by atomic mass is 16.5. The third-order valence-corrected chi connectivity index (χ3v) is 4.71. The molecule has 1 aliphatic heterocycles. The van der Waals surface area contributed by atoms with Gasteiger partial charge >= 0.3 is 0 Å². The van der Waals surface area contributed by atoms with Gasteiger partial charge in [-0.2, -0.15) is 0 Å². The predicted octanol–water partition coefficient (Wildman–Crippen LogP) is 1.26. The van der Waals surface area contributed by atoms with Gasteiger partial charge in [0.05, 0.1) is 31.6 Å². The first-order valence-electron chi connectivity index (χ1n) is 9.30. The van der Waals surface area contributed by atoms with Gasteiger partial charge in [-0.3, -0.25) is 4.79 Å². The summed E-state index contributed by atoms with van der Waals surface area (Å²) in [5, 5.41) is 32.1. The molecule has 1 saturated heterocycles. The summed E-state index contributed by atoms with van der Waals surface area (Å²) in [6.45, 7) is -0.423. The summed E-state index contributed by atoms with van der Waals surface area (Å²) < 4.78 is 16.3. The van der Waals surface area contributed by atoms with E-state index in [4.69, 9.17) is 14.2 Å². The van der Waals surface area contributed by atoms with Crippen molar-refractivity contribution in [1.82, 2.24) is 0 Å². The van der Waals surface area contributed by atoms with Gasteiger partial charge < -0.3 is 34.8 Å². The lowest BCUT2D eigenvalue weighted by Gasteiger charge is -2.36. The first kappa shape index (κ1) is 21.1. The number of hydrogen-bond donors (Lipinski definition) is 4. The first-order chi connectivity index (χ1) is 14.0. The van der Waals surface area contributed by atoms with Crippen LogP contribution < -0.4 is 14.8 Å². The van der Waals surface area contributed by atoms with Crippen LogP contribution in [0.5, 0.6) is 11.5 Å². The first-order valence-corrected chi connectivity index (χ1v) is 9.30. The van der Waals surface area contributed by atoms with Crippen LogP contribution in [0.3, 0.4) is 0 Å². The van der Waals surface area contributed by atoms with Gasteiger partial charge in [-0.05, 0) is 29.8 Å². The molecule has 0 radical (unpaired) electrons. The molecule has 1 heterocycles. The molecule has 2 aromatic rings. The van der Waals surface area contributed by atoms with E-state index in [0.29, 0.717) is 22.7 Å². The van der Waals surface area contributed by atoms with Gasteiger partial charge in [0.2, 0.25) is 0 Å².